The summed E-state index contributed by atoms with van der Waals surface area (Å²) >= 11 is 0. The summed E-state index contributed by atoms with van der Waals surface area (Å²) < 4.78 is 17.4. The zero-order valence-corrected chi connectivity index (χ0v) is 12.6. The molecule has 2 atom stereocenters. The van der Waals surface area contributed by atoms with E-state index in [1.54, 1.807) is 14.2 Å². The molecule has 2 aliphatic carbocycles. The molecule has 2 fully saturated rings. The van der Waals surface area contributed by atoms with Crippen LogP contribution in [0.1, 0.15) is 64.2 Å². The molecule has 2 rings (SSSR count). The maximum absolute atomic E-state index is 6.18. The Morgan fingerprint density at radius 3 is 1.32 bits per heavy atom. The molecule has 3 nitrogen and oxygen atoms in total. The number of rotatable bonds is 6. The van der Waals surface area contributed by atoms with Crippen molar-refractivity contribution < 1.29 is 14.2 Å². The lowest BCUT2D eigenvalue weighted by Crippen LogP contribution is -2.37. The molecule has 0 saturated heterocycles. The summed E-state index contributed by atoms with van der Waals surface area (Å²) in [6.45, 7) is 0. The Morgan fingerprint density at radius 1 is 0.632 bits per heavy atom. The van der Waals surface area contributed by atoms with Gasteiger partial charge in [-0.25, -0.2) is 0 Å². The molecule has 0 aromatic rings. The van der Waals surface area contributed by atoms with Gasteiger partial charge in [0, 0.05) is 26.1 Å². The van der Waals surface area contributed by atoms with Gasteiger partial charge in [-0.05, 0) is 25.7 Å². The molecule has 0 spiro atoms. The predicted molar refractivity (Wildman–Crippen MR) is 75.8 cm³/mol. The van der Waals surface area contributed by atoms with Crippen LogP contribution in [0.5, 0.6) is 0 Å². The molecule has 19 heavy (non-hydrogen) atoms. The third kappa shape index (κ3) is 4.44. The van der Waals surface area contributed by atoms with Crippen molar-refractivity contribution >= 4 is 0 Å². The fourth-order valence-corrected chi connectivity index (χ4v) is 3.66. The molecule has 112 valence electrons. The molecule has 0 N–H and O–H groups in total. The molecule has 3 heteroatoms. The van der Waals surface area contributed by atoms with E-state index in [4.69, 9.17) is 14.2 Å². The first-order valence-corrected chi connectivity index (χ1v) is 8.06. The van der Waals surface area contributed by atoms with Crippen LogP contribution in [-0.4, -0.2) is 26.8 Å². The van der Waals surface area contributed by atoms with Crippen molar-refractivity contribution in [3.05, 3.63) is 0 Å². The Balaban J connectivity index is 1.86. The largest absolute Gasteiger partial charge is 0.355 e. The fourth-order valence-electron chi connectivity index (χ4n) is 3.66. The van der Waals surface area contributed by atoms with Crippen molar-refractivity contribution in [1.82, 2.24) is 0 Å². The van der Waals surface area contributed by atoms with Gasteiger partial charge in [0.1, 0.15) is 0 Å². The van der Waals surface area contributed by atoms with Crippen LogP contribution in [0.15, 0.2) is 0 Å². The van der Waals surface area contributed by atoms with Crippen molar-refractivity contribution in [2.45, 2.75) is 76.8 Å². The van der Waals surface area contributed by atoms with E-state index in [1.807, 2.05) is 0 Å². The number of methoxy groups -OCH3 is 2. The van der Waals surface area contributed by atoms with Crippen molar-refractivity contribution in [3.8, 4) is 0 Å². The standard InChI is InChI=1S/C16H30O3/c1-17-15(13-9-5-3-6-10-13)19-16(18-2)14-11-7-4-8-12-14/h13-16H,3-12H2,1-2H3. The van der Waals surface area contributed by atoms with Gasteiger partial charge in [0.2, 0.25) is 0 Å². The number of hydrogen-bond acceptors (Lipinski definition) is 3. The Hall–Kier alpha value is -0.120. The highest BCUT2D eigenvalue weighted by molar-refractivity contribution is 4.73. The van der Waals surface area contributed by atoms with Gasteiger partial charge < -0.3 is 14.2 Å². The number of hydrogen-bond donors (Lipinski definition) is 0. The van der Waals surface area contributed by atoms with Gasteiger partial charge in [-0.3, -0.25) is 0 Å². The Bertz CT molecular complexity index is 208. The van der Waals surface area contributed by atoms with E-state index < -0.39 is 0 Å². The summed E-state index contributed by atoms with van der Waals surface area (Å²) in [5.41, 5.74) is 0. The number of ether oxygens (including phenoxy) is 3. The van der Waals surface area contributed by atoms with Gasteiger partial charge in [0.25, 0.3) is 0 Å². The minimum Gasteiger partial charge on any atom is -0.355 e. The second-order valence-corrected chi connectivity index (χ2v) is 6.14. The monoisotopic (exact) mass is 270 g/mol. The summed E-state index contributed by atoms with van der Waals surface area (Å²) in [5.74, 6) is 1.11. The van der Waals surface area contributed by atoms with E-state index in [2.05, 4.69) is 0 Å². The maximum Gasteiger partial charge on any atom is 0.163 e. The van der Waals surface area contributed by atoms with E-state index in [-0.39, 0.29) is 12.6 Å². The van der Waals surface area contributed by atoms with Crippen LogP contribution < -0.4 is 0 Å². The van der Waals surface area contributed by atoms with E-state index >= 15 is 0 Å². The van der Waals surface area contributed by atoms with Crippen LogP contribution in [0, 0.1) is 11.8 Å². The molecule has 0 radical (unpaired) electrons. The molecule has 0 heterocycles. The van der Waals surface area contributed by atoms with E-state index in [0.717, 1.165) is 0 Å². The SMILES string of the molecule is COC(OC(OC)C1CCCCC1)C1CCCCC1. The Labute approximate surface area is 118 Å². The molecular weight excluding hydrogens is 240 g/mol. The molecule has 2 aliphatic rings. The summed E-state index contributed by atoms with van der Waals surface area (Å²) in [5, 5.41) is 0. The normalized spacial score (nSPS) is 26.2. The highest BCUT2D eigenvalue weighted by Gasteiger charge is 2.31. The molecule has 0 bridgehead atoms. The summed E-state index contributed by atoms with van der Waals surface area (Å²) in [6.07, 6.45) is 12.8. The van der Waals surface area contributed by atoms with Gasteiger partial charge in [-0.2, -0.15) is 0 Å². The topological polar surface area (TPSA) is 27.7 Å². The van der Waals surface area contributed by atoms with Gasteiger partial charge in [0.05, 0.1) is 0 Å². The van der Waals surface area contributed by atoms with Crippen LogP contribution in [-0.2, 0) is 14.2 Å². The Morgan fingerprint density at radius 2 is 1.00 bits per heavy atom. The van der Waals surface area contributed by atoms with E-state index in [9.17, 15) is 0 Å². The third-order valence-corrected chi connectivity index (χ3v) is 4.80. The zero-order chi connectivity index (χ0) is 13.5. The van der Waals surface area contributed by atoms with Gasteiger partial charge in [0.15, 0.2) is 12.6 Å². The summed E-state index contributed by atoms with van der Waals surface area (Å²) in [6, 6.07) is 0. The zero-order valence-electron chi connectivity index (χ0n) is 12.6. The third-order valence-electron chi connectivity index (χ3n) is 4.80. The van der Waals surface area contributed by atoms with Crippen LogP contribution in [0.3, 0.4) is 0 Å². The van der Waals surface area contributed by atoms with Crippen molar-refractivity contribution in [3.63, 3.8) is 0 Å². The van der Waals surface area contributed by atoms with Gasteiger partial charge in [-0.15, -0.1) is 0 Å². The molecule has 2 saturated carbocycles. The minimum absolute atomic E-state index is 0.0767. The molecular formula is C16H30O3. The average Bonchev–Trinajstić information content (AvgIpc) is 2.50. The summed E-state index contributed by atoms with van der Waals surface area (Å²) in [4.78, 5) is 0. The Kier molecular flexibility index (Phi) is 6.62. The van der Waals surface area contributed by atoms with Crippen LogP contribution >= 0.6 is 0 Å². The van der Waals surface area contributed by atoms with Crippen molar-refractivity contribution in [1.29, 1.82) is 0 Å². The molecule has 0 amide bonds. The smallest absolute Gasteiger partial charge is 0.163 e. The lowest BCUT2D eigenvalue weighted by Gasteiger charge is -2.35. The van der Waals surface area contributed by atoms with E-state index in [0.29, 0.717) is 11.8 Å². The van der Waals surface area contributed by atoms with Gasteiger partial charge >= 0.3 is 0 Å². The van der Waals surface area contributed by atoms with Crippen LogP contribution in [0.25, 0.3) is 0 Å². The fraction of sp³-hybridized carbons (Fsp3) is 1.00. The highest BCUT2D eigenvalue weighted by Crippen LogP contribution is 2.33. The second kappa shape index (κ2) is 8.23. The lowest BCUT2D eigenvalue weighted by atomic mass is 9.87. The second-order valence-electron chi connectivity index (χ2n) is 6.14. The van der Waals surface area contributed by atoms with Gasteiger partial charge in [-0.1, -0.05) is 38.5 Å². The predicted octanol–water partition coefficient (Wildman–Crippen LogP) is 4.11. The first-order valence-electron chi connectivity index (χ1n) is 8.06. The molecule has 0 aromatic carbocycles. The van der Waals surface area contributed by atoms with E-state index in [1.165, 1.54) is 64.2 Å². The van der Waals surface area contributed by atoms with Crippen molar-refractivity contribution in [2.24, 2.45) is 11.8 Å². The minimum atomic E-state index is -0.0767. The van der Waals surface area contributed by atoms with Crippen molar-refractivity contribution in [2.75, 3.05) is 14.2 Å². The molecule has 0 aromatic heterocycles. The summed E-state index contributed by atoms with van der Waals surface area (Å²) in [7, 11) is 3.54. The first-order chi connectivity index (χ1) is 9.35. The van der Waals surface area contributed by atoms with Crippen LogP contribution in [0.4, 0.5) is 0 Å². The highest BCUT2D eigenvalue weighted by atomic mass is 16.8. The molecule has 2 unspecified atom stereocenters. The maximum atomic E-state index is 6.18. The molecule has 0 aliphatic heterocycles. The van der Waals surface area contributed by atoms with Crippen LogP contribution in [0.2, 0.25) is 0 Å². The quantitative estimate of drug-likeness (QED) is 0.680. The average molecular weight is 270 g/mol. The lowest BCUT2D eigenvalue weighted by molar-refractivity contribution is -0.268. The first kappa shape index (κ1) is 15.3.